The van der Waals surface area contributed by atoms with Crippen LogP contribution in [0.2, 0.25) is 0 Å². The molecule has 0 saturated carbocycles. The summed E-state index contributed by atoms with van der Waals surface area (Å²) < 4.78 is 12.1. The fourth-order valence-electron chi connectivity index (χ4n) is 3.71. The quantitative estimate of drug-likeness (QED) is 0.293. The van der Waals surface area contributed by atoms with Crippen LogP contribution in [0, 0.1) is 11.8 Å². The van der Waals surface area contributed by atoms with Gasteiger partial charge in [-0.25, -0.2) is 0 Å². The van der Waals surface area contributed by atoms with Gasteiger partial charge in [-0.05, 0) is 60.1 Å². The van der Waals surface area contributed by atoms with Gasteiger partial charge in [0.2, 0.25) is 0 Å². The highest BCUT2D eigenvalue weighted by Crippen LogP contribution is 2.26. The van der Waals surface area contributed by atoms with Crippen molar-refractivity contribution < 1.29 is 9.47 Å². The lowest BCUT2D eigenvalue weighted by Gasteiger charge is -2.16. The van der Waals surface area contributed by atoms with E-state index in [1.165, 1.54) is 62.5 Å². The second-order valence-electron chi connectivity index (χ2n) is 8.50. The summed E-state index contributed by atoms with van der Waals surface area (Å²) in [5, 5.41) is 0. The molecule has 0 aliphatic rings. The topological polar surface area (TPSA) is 18.5 Å². The third-order valence-corrected chi connectivity index (χ3v) is 6.10. The Hall–Kier alpha value is -1.96. The van der Waals surface area contributed by atoms with Crippen molar-refractivity contribution >= 4 is 0 Å². The van der Waals surface area contributed by atoms with Gasteiger partial charge in [-0.15, -0.1) is 0 Å². The fourth-order valence-corrected chi connectivity index (χ4v) is 3.71. The van der Waals surface area contributed by atoms with Gasteiger partial charge in [0.05, 0.1) is 13.2 Å². The van der Waals surface area contributed by atoms with E-state index in [-0.39, 0.29) is 0 Å². The van der Waals surface area contributed by atoms with Crippen LogP contribution in [0.4, 0.5) is 0 Å². The monoisotopic (exact) mass is 410 g/mol. The molecule has 2 atom stereocenters. The normalized spacial score (nSPS) is 13.1. The van der Waals surface area contributed by atoms with Gasteiger partial charge >= 0.3 is 0 Å². The molecule has 0 fully saturated rings. The molecule has 0 saturated heterocycles. The first-order chi connectivity index (χ1) is 14.7. The summed E-state index contributed by atoms with van der Waals surface area (Å²) in [6, 6.07) is 17.0. The molecule has 166 valence electrons. The summed E-state index contributed by atoms with van der Waals surface area (Å²) in [6.45, 7) is 10.7. The Bertz CT molecular complexity index is 613. The van der Waals surface area contributed by atoms with E-state index >= 15 is 0 Å². The second kappa shape index (κ2) is 14.1. The summed E-state index contributed by atoms with van der Waals surface area (Å²) >= 11 is 0. The van der Waals surface area contributed by atoms with Gasteiger partial charge in [0, 0.05) is 0 Å². The van der Waals surface area contributed by atoms with Crippen LogP contribution in [-0.4, -0.2) is 13.2 Å². The zero-order valence-corrected chi connectivity index (χ0v) is 19.7. The van der Waals surface area contributed by atoms with E-state index in [2.05, 4.69) is 76.2 Å². The summed E-state index contributed by atoms with van der Waals surface area (Å²) in [7, 11) is 0. The van der Waals surface area contributed by atoms with Crippen molar-refractivity contribution in [2.75, 3.05) is 13.2 Å². The standard InChI is InChI=1S/C28H42O2/c1-5-9-11-23(7-3)21-29-27-17-13-25(14-18-27)26-15-19-28(20-16-26)30-22-24(8-4)12-10-6-2/h13-20,23-24H,5-12,21-22H2,1-4H3. The highest BCUT2D eigenvalue weighted by Gasteiger charge is 2.08. The second-order valence-corrected chi connectivity index (χ2v) is 8.50. The van der Waals surface area contributed by atoms with Crippen molar-refractivity contribution in [1.82, 2.24) is 0 Å². The molecule has 0 aliphatic carbocycles. The number of benzene rings is 2. The van der Waals surface area contributed by atoms with Gasteiger partial charge in [-0.2, -0.15) is 0 Å². The third kappa shape index (κ3) is 8.42. The van der Waals surface area contributed by atoms with Crippen LogP contribution in [0.1, 0.15) is 79.1 Å². The molecule has 2 nitrogen and oxygen atoms in total. The number of ether oxygens (including phenoxy) is 2. The maximum Gasteiger partial charge on any atom is 0.119 e. The highest BCUT2D eigenvalue weighted by atomic mass is 16.5. The summed E-state index contributed by atoms with van der Waals surface area (Å²) in [5.74, 6) is 3.25. The smallest absolute Gasteiger partial charge is 0.119 e. The van der Waals surface area contributed by atoms with Crippen LogP contribution in [0.25, 0.3) is 11.1 Å². The van der Waals surface area contributed by atoms with Crippen LogP contribution in [-0.2, 0) is 0 Å². The van der Waals surface area contributed by atoms with Gasteiger partial charge in [-0.3, -0.25) is 0 Å². The lowest BCUT2D eigenvalue weighted by Crippen LogP contribution is -2.11. The van der Waals surface area contributed by atoms with Crippen molar-refractivity contribution in [1.29, 1.82) is 0 Å². The van der Waals surface area contributed by atoms with Gasteiger partial charge in [0.1, 0.15) is 11.5 Å². The highest BCUT2D eigenvalue weighted by molar-refractivity contribution is 5.64. The molecule has 0 N–H and O–H groups in total. The van der Waals surface area contributed by atoms with Crippen LogP contribution in [0.15, 0.2) is 48.5 Å². The van der Waals surface area contributed by atoms with E-state index in [0.29, 0.717) is 11.8 Å². The molecule has 0 amide bonds. The van der Waals surface area contributed by atoms with Gasteiger partial charge < -0.3 is 9.47 Å². The predicted octanol–water partition coefficient (Wildman–Crippen LogP) is 8.54. The molecule has 2 rings (SSSR count). The number of unbranched alkanes of at least 4 members (excludes halogenated alkanes) is 2. The van der Waals surface area contributed by atoms with E-state index in [0.717, 1.165) is 24.7 Å². The molecule has 30 heavy (non-hydrogen) atoms. The summed E-state index contributed by atoms with van der Waals surface area (Å²) in [5.41, 5.74) is 2.42. The van der Waals surface area contributed by atoms with Crippen molar-refractivity contribution in [3.63, 3.8) is 0 Å². The summed E-state index contributed by atoms with van der Waals surface area (Å²) in [6.07, 6.45) is 9.99. The SMILES string of the molecule is CCCCC(CC)COc1ccc(-c2ccc(OCC(CC)CCCC)cc2)cc1. The largest absolute Gasteiger partial charge is 0.493 e. The van der Waals surface area contributed by atoms with E-state index < -0.39 is 0 Å². The van der Waals surface area contributed by atoms with Crippen LogP contribution >= 0.6 is 0 Å². The number of rotatable bonds is 15. The van der Waals surface area contributed by atoms with Crippen LogP contribution in [0.3, 0.4) is 0 Å². The molecule has 0 aliphatic heterocycles. The van der Waals surface area contributed by atoms with Crippen molar-refractivity contribution in [2.45, 2.75) is 79.1 Å². The maximum atomic E-state index is 6.04. The Kier molecular flexibility index (Phi) is 11.4. The maximum absolute atomic E-state index is 6.04. The molecule has 2 aromatic rings. The van der Waals surface area contributed by atoms with Gasteiger partial charge in [0.15, 0.2) is 0 Å². The molecule has 0 aromatic heterocycles. The first-order valence-electron chi connectivity index (χ1n) is 12.2. The Morgan fingerprint density at radius 2 is 0.933 bits per heavy atom. The minimum Gasteiger partial charge on any atom is -0.493 e. The van der Waals surface area contributed by atoms with Gasteiger partial charge in [0.25, 0.3) is 0 Å². The summed E-state index contributed by atoms with van der Waals surface area (Å²) in [4.78, 5) is 0. The molecular weight excluding hydrogens is 368 g/mol. The Balaban J connectivity index is 1.86. The molecule has 0 bridgehead atoms. The van der Waals surface area contributed by atoms with Crippen LogP contribution in [0.5, 0.6) is 11.5 Å². The Morgan fingerprint density at radius 1 is 0.567 bits per heavy atom. The van der Waals surface area contributed by atoms with Crippen molar-refractivity contribution in [2.24, 2.45) is 11.8 Å². The minimum absolute atomic E-state index is 0.659. The zero-order valence-electron chi connectivity index (χ0n) is 19.7. The lowest BCUT2D eigenvalue weighted by atomic mass is 10.0. The van der Waals surface area contributed by atoms with Crippen LogP contribution < -0.4 is 9.47 Å². The first-order valence-corrected chi connectivity index (χ1v) is 12.2. The lowest BCUT2D eigenvalue weighted by molar-refractivity contribution is 0.233. The third-order valence-electron chi connectivity index (χ3n) is 6.10. The van der Waals surface area contributed by atoms with E-state index in [9.17, 15) is 0 Å². The average Bonchev–Trinajstić information content (AvgIpc) is 2.80. The van der Waals surface area contributed by atoms with E-state index in [1.807, 2.05) is 0 Å². The molecule has 2 aromatic carbocycles. The van der Waals surface area contributed by atoms with Crippen molar-refractivity contribution in [3.8, 4) is 22.6 Å². The fraction of sp³-hybridized carbons (Fsp3) is 0.571. The number of hydrogen-bond acceptors (Lipinski definition) is 2. The molecule has 0 spiro atoms. The molecule has 2 unspecified atom stereocenters. The average molecular weight is 411 g/mol. The molecule has 0 heterocycles. The molecule has 0 radical (unpaired) electrons. The van der Waals surface area contributed by atoms with Gasteiger partial charge in [-0.1, -0.05) is 90.5 Å². The molecular formula is C28H42O2. The number of hydrogen-bond donors (Lipinski definition) is 0. The minimum atomic E-state index is 0.659. The Labute approximate surface area is 185 Å². The Morgan fingerprint density at radius 3 is 1.23 bits per heavy atom. The molecule has 2 heteroatoms. The van der Waals surface area contributed by atoms with E-state index in [1.54, 1.807) is 0 Å². The first kappa shape index (κ1) is 24.3. The predicted molar refractivity (Wildman–Crippen MR) is 129 cm³/mol. The zero-order chi connectivity index (χ0) is 21.6. The van der Waals surface area contributed by atoms with E-state index in [4.69, 9.17) is 9.47 Å². The van der Waals surface area contributed by atoms with Crippen molar-refractivity contribution in [3.05, 3.63) is 48.5 Å².